The van der Waals surface area contributed by atoms with Crippen LogP contribution in [-0.4, -0.2) is 63.4 Å². The highest BCUT2D eigenvalue weighted by atomic mass is 16.5. The molecular formula is C20H26N4O3. The van der Waals surface area contributed by atoms with Gasteiger partial charge in [-0.3, -0.25) is 19.6 Å². The molecule has 3 aliphatic rings. The van der Waals surface area contributed by atoms with Crippen LogP contribution in [0.25, 0.3) is 0 Å². The van der Waals surface area contributed by atoms with Crippen molar-refractivity contribution in [2.45, 2.75) is 38.5 Å². The van der Waals surface area contributed by atoms with Crippen LogP contribution in [0.3, 0.4) is 0 Å². The molecule has 0 aromatic carbocycles. The smallest absolute Gasteiger partial charge is 0.230 e. The standard InChI is InChI=1S/C20H26N4O3/c1-13(2)5-9-24-12-20-6-4-15(27-20)16(17(20)19(24)26)18(25)23(3)11-14-10-21-7-8-22-14/h4,6-8,10,13,15-17H,5,9,11-12H2,1-3H3/t15-,16-,17-,20-/m0/s1. The van der Waals surface area contributed by atoms with Crippen molar-refractivity contribution in [3.8, 4) is 0 Å². The SMILES string of the molecule is CC(C)CCN1C[C@]23C=C[C@H](O2)[C@H](C(=O)N(C)Cc2cnccn2)[C@H]3C1=O. The lowest BCUT2D eigenvalue weighted by atomic mass is 9.76. The molecule has 4 atom stereocenters. The van der Waals surface area contributed by atoms with Crippen molar-refractivity contribution < 1.29 is 14.3 Å². The van der Waals surface area contributed by atoms with Crippen molar-refractivity contribution in [1.82, 2.24) is 19.8 Å². The molecule has 0 unspecified atom stereocenters. The summed E-state index contributed by atoms with van der Waals surface area (Å²) in [7, 11) is 1.75. The fourth-order valence-corrected chi connectivity index (χ4v) is 4.45. The Kier molecular flexibility index (Phi) is 4.50. The molecule has 0 aliphatic carbocycles. The molecule has 2 amide bonds. The van der Waals surface area contributed by atoms with Crippen LogP contribution in [-0.2, 0) is 20.9 Å². The van der Waals surface area contributed by atoms with E-state index in [0.29, 0.717) is 25.6 Å². The number of hydrogen-bond acceptors (Lipinski definition) is 5. The van der Waals surface area contributed by atoms with Gasteiger partial charge in [0.05, 0.1) is 42.9 Å². The van der Waals surface area contributed by atoms with E-state index in [9.17, 15) is 9.59 Å². The van der Waals surface area contributed by atoms with Crippen LogP contribution >= 0.6 is 0 Å². The van der Waals surface area contributed by atoms with Crippen LogP contribution in [0.1, 0.15) is 26.0 Å². The Bertz CT molecular complexity index is 766. The van der Waals surface area contributed by atoms with Crippen LogP contribution in [0.5, 0.6) is 0 Å². The molecule has 2 saturated heterocycles. The first kappa shape index (κ1) is 18.1. The van der Waals surface area contributed by atoms with E-state index >= 15 is 0 Å². The predicted molar refractivity (Wildman–Crippen MR) is 98.3 cm³/mol. The maximum Gasteiger partial charge on any atom is 0.230 e. The third-order valence-electron chi connectivity index (χ3n) is 5.83. The lowest BCUT2D eigenvalue weighted by Crippen LogP contribution is -2.44. The van der Waals surface area contributed by atoms with Crippen LogP contribution in [0.2, 0.25) is 0 Å². The number of carbonyl (C=O) groups is 2. The van der Waals surface area contributed by atoms with Gasteiger partial charge in [-0.25, -0.2) is 0 Å². The maximum atomic E-state index is 13.2. The van der Waals surface area contributed by atoms with Crippen LogP contribution < -0.4 is 0 Å². The Morgan fingerprint density at radius 3 is 2.96 bits per heavy atom. The summed E-state index contributed by atoms with van der Waals surface area (Å²) < 4.78 is 6.18. The molecule has 1 spiro atoms. The summed E-state index contributed by atoms with van der Waals surface area (Å²) in [6, 6.07) is 0. The van der Waals surface area contributed by atoms with Gasteiger partial charge in [-0.15, -0.1) is 0 Å². The van der Waals surface area contributed by atoms with Gasteiger partial charge in [-0.05, 0) is 12.3 Å². The molecule has 2 bridgehead atoms. The Morgan fingerprint density at radius 2 is 2.26 bits per heavy atom. The van der Waals surface area contributed by atoms with Crippen molar-refractivity contribution >= 4 is 11.8 Å². The van der Waals surface area contributed by atoms with E-state index in [-0.39, 0.29) is 17.9 Å². The molecule has 27 heavy (non-hydrogen) atoms. The second kappa shape index (κ2) is 6.71. The number of carbonyl (C=O) groups excluding carboxylic acids is 2. The van der Waals surface area contributed by atoms with Crippen molar-refractivity contribution in [3.63, 3.8) is 0 Å². The Morgan fingerprint density at radius 1 is 1.44 bits per heavy atom. The van der Waals surface area contributed by atoms with Crippen molar-refractivity contribution in [1.29, 1.82) is 0 Å². The van der Waals surface area contributed by atoms with E-state index in [4.69, 9.17) is 4.74 Å². The number of amides is 2. The number of ether oxygens (including phenoxy) is 1. The summed E-state index contributed by atoms with van der Waals surface area (Å²) >= 11 is 0. The van der Waals surface area contributed by atoms with Gasteiger partial charge < -0.3 is 14.5 Å². The first-order chi connectivity index (χ1) is 12.9. The largest absolute Gasteiger partial charge is 0.360 e. The molecule has 7 nitrogen and oxygen atoms in total. The van der Waals surface area contributed by atoms with Crippen LogP contribution in [0, 0.1) is 17.8 Å². The summed E-state index contributed by atoms with van der Waals surface area (Å²) in [5, 5.41) is 0. The predicted octanol–water partition coefficient (Wildman–Crippen LogP) is 1.26. The van der Waals surface area contributed by atoms with E-state index < -0.39 is 17.4 Å². The second-order valence-electron chi connectivity index (χ2n) is 8.23. The van der Waals surface area contributed by atoms with Gasteiger partial charge in [0.15, 0.2) is 0 Å². The quantitative estimate of drug-likeness (QED) is 0.705. The van der Waals surface area contributed by atoms with Gasteiger partial charge in [-0.2, -0.15) is 0 Å². The molecule has 4 heterocycles. The highest BCUT2D eigenvalue weighted by molar-refractivity contribution is 5.92. The monoisotopic (exact) mass is 370 g/mol. The van der Waals surface area contributed by atoms with Crippen molar-refractivity contribution in [2.24, 2.45) is 17.8 Å². The minimum absolute atomic E-state index is 0.0498. The normalized spacial score (nSPS) is 31.0. The van der Waals surface area contributed by atoms with Gasteiger partial charge in [0.2, 0.25) is 11.8 Å². The lowest BCUT2D eigenvalue weighted by molar-refractivity contribution is -0.142. The summed E-state index contributed by atoms with van der Waals surface area (Å²) in [6.45, 7) is 5.93. The minimum Gasteiger partial charge on any atom is -0.360 e. The molecular weight excluding hydrogens is 344 g/mol. The number of aromatic nitrogens is 2. The molecule has 7 heteroatoms. The fraction of sp³-hybridized carbons (Fsp3) is 0.600. The molecule has 0 radical (unpaired) electrons. The second-order valence-corrected chi connectivity index (χ2v) is 8.23. The third kappa shape index (κ3) is 3.04. The summed E-state index contributed by atoms with van der Waals surface area (Å²) in [5.74, 6) is -0.376. The molecule has 4 rings (SSSR count). The van der Waals surface area contributed by atoms with E-state index in [2.05, 4.69) is 23.8 Å². The Balaban J connectivity index is 1.51. The lowest BCUT2D eigenvalue weighted by Gasteiger charge is -2.27. The average Bonchev–Trinajstić information content (AvgIpc) is 3.28. The molecule has 0 saturated carbocycles. The summed E-state index contributed by atoms with van der Waals surface area (Å²) in [4.78, 5) is 38.1. The highest BCUT2D eigenvalue weighted by Crippen LogP contribution is 2.52. The zero-order chi connectivity index (χ0) is 19.2. The molecule has 0 N–H and O–H groups in total. The number of likely N-dealkylation sites (tertiary alicyclic amines) is 1. The van der Waals surface area contributed by atoms with Gasteiger partial charge in [0, 0.05) is 26.0 Å². The topological polar surface area (TPSA) is 75.6 Å². The number of hydrogen-bond donors (Lipinski definition) is 0. The minimum atomic E-state index is -0.632. The summed E-state index contributed by atoms with van der Waals surface area (Å²) in [5.41, 5.74) is 0.0888. The van der Waals surface area contributed by atoms with Crippen molar-refractivity contribution in [2.75, 3.05) is 20.1 Å². The fourth-order valence-electron chi connectivity index (χ4n) is 4.45. The first-order valence-electron chi connectivity index (χ1n) is 9.57. The number of rotatable bonds is 6. The van der Waals surface area contributed by atoms with Gasteiger partial charge in [-0.1, -0.05) is 26.0 Å². The average molecular weight is 370 g/mol. The Hall–Kier alpha value is -2.28. The van der Waals surface area contributed by atoms with E-state index in [1.165, 1.54) is 0 Å². The molecule has 1 aromatic heterocycles. The van der Waals surface area contributed by atoms with E-state index in [1.807, 2.05) is 17.1 Å². The van der Waals surface area contributed by atoms with Gasteiger partial charge in [0.1, 0.15) is 5.60 Å². The molecule has 1 aromatic rings. The molecule has 3 aliphatic heterocycles. The number of fused-ring (bicyclic) bond motifs is 1. The maximum absolute atomic E-state index is 13.2. The molecule has 144 valence electrons. The van der Waals surface area contributed by atoms with Crippen LogP contribution in [0.15, 0.2) is 30.7 Å². The van der Waals surface area contributed by atoms with Gasteiger partial charge in [0.25, 0.3) is 0 Å². The first-order valence-corrected chi connectivity index (χ1v) is 9.57. The third-order valence-corrected chi connectivity index (χ3v) is 5.83. The zero-order valence-electron chi connectivity index (χ0n) is 16.0. The molecule has 2 fully saturated rings. The summed E-state index contributed by atoms with van der Waals surface area (Å²) in [6.07, 6.45) is 9.45. The zero-order valence-corrected chi connectivity index (χ0v) is 16.0. The van der Waals surface area contributed by atoms with Crippen LogP contribution in [0.4, 0.5) is 0 Å². The Labute approximate surface area is 159 Å². The van der Waals surface area contributed by atoms with E-state index in [1.54, 1.807) is 30.5 Å². The van der Waals surface area contributed by atoms with E-state index in [0.717, 1.165) is 12.1 Å². The highest BCUT2D eigenvalue weighted by Gasteiger charge is 2.66. The van der Waals surface area contributed by atoms with Crippen molar-refractivity contribution in [3.05, 3.63) is 36.4 Å². The van der Waals surface area contributed by atoms with Gasteiger partial charge >= 0.3 is 0 Å². The number of nitrogens with zero attached hydrogens (tertiary/aromatic N) is 4.